The molecular weight excluding hydrogens is 518 g/mol. The van der Waals surface area contributed by atoms with Crippen LogP contribution in [-0.4, -0.2) is 70.4 Å². The zero-order valence-corrected chi connectivity index (χ0v) is 21.5. The van der Waals surface area contributed by atoms with E-state index in [1.54, 1.807) is 17.0 Å². The molecule has 0 bridgehead atoms. The molecule has 196 valence electrons. The third kappa shape index (κ3) is 4.51. The normalized spacial score (nSPS) is 14.9. The molecule has 6 rings (SSSR count). The number of ketones is 1. The van der Waals surface area contributed by atoms with E-state index in [9.17, 15) is 19.5 Å². The van der Waals surface area contributed by atoms with E-state index in [4.69, 9.17) is 11.6 Å². The number of hydrogen-bond acceptors (Lipinski definition) is 6. The maximum atomic E-state index is 13.3. The Bertz CT molecular complexity index is 1650. The van der Waals surface area contributed by atoms with Gasteiger partial charge in [0, 0.05) is 54.0 Å². The number of carbonyl (C=O) groups is 3. The van der Waals surface area contributed by atoms with Crippen molar-refractivity contribution in [3.05, 3.63) is 83.4 Å². The number of nitrogens with zero attached hydrogens (tertiary/aromatic N) is 3. The molecule has 1 aromatic heterocycles. The van der Waals surface area contributed by atoms with Gasteiger partial charge in [-0.25, -0.2) is 4.99 Å². The second-order valence-electron chi connectivity index (χ2n) is 9.42. The van der Waals surface area contributed by atoms with Crippen LogP contribution in [0.1, 0.15) is 26.3 Å². The number of aliphatic imine (C=N–C) groups is 1. The van der Waals surface area contributed by atoms with E-state index in [2.05, 4.69) is 20.2 Å². The van der Waals surface area contributed by atoms with Crippen molar-refractivity contribution >= 4 is 62.9 Å². The average molecular weight is 542 g/mol. The minimum Gasteiger partial charge on any atom is -0.494 e. The molecule has 0 spiro atoms. The summed E-state index contributed by atoms with van der Waals surface area (Å²) in [5, 5.41) is 14.0. The van der Waals surface area contributed by atoms with Crippen molar-refractivity contribution in [3.8, 4) is 5.88 Å². The third-order valence-electron chi connectivity index (χ3n) is 7.11. The summed E-state index contributed by atoms with van der Waals surface area (Å²) in [6.07, 6.45) is 0. The first-order valence-corrected chi connectivity index (χ1v) is 13.0. The first-order valence-electron chi connectivity index (χ1n) is 12.5. The summed E-state index contributed by atoms with van der Waals surface area (Å²) in [7, 11) is 0. The molecule has 39 heavy (non-hydrogen) atoms. The van der Waals surface area contributed by atoms with Crippen LogP contribution in [0.2, 0.25) is 0 Å². The van der Waals surface area contributed by atoms with Gasteiger partial charge in [-0.15, -0.1) is 11.6 Å². The smallest absolute Gasteiger partial charge is 0.255 e. The molecule has 9 nitrogen and oxygen atoms in total. The molecule has 3 aromatic carbocycles. The number of aromatic amines is 1. The molecule has 2 amide bonds. The largest absolute Gasteiger partial charge is 0.494 e. The molecule has 0 unspecified atom stereocenters. The topological polar surface area (TPSA) is 118 Å². The number of anilines is 2. The predicted molar refractivity (Wildman–Crippen MR) is 151 cm³/mol. The second kappa shape index (κ2) is 9.92. The van der Waals surface area contributed by atoms with Gasteiger partial charge in [0.2, 0.25) is 11.7 Å². The van der Waals surface area contributed by atoms with Crippen LogP contribution < -0.4 is 10.2 Å². The highest BCUT2D eigenvalue weighted by atomic mass is 35.5. The molecule has 2 aliphatic rings. The monoisotopic (exact) mass is 541 g/mol. The van der Waals surface area contributed by atoms with Crippen LogP contribution in [0.3, 0.4) is 0 Å². The summed E-state index contributed by atoms with van der Waals surface area (Å²) in [4.78, 5) is 49.3. The van der Waals surface area contributed by atoms with Gasteiger partial charge in [0.15, 0.2) is 5.88 Å². The van der Waals surface area contributed by atoms with Crippen molar-refractivity contribution in [1.29, 1.82) is 0 Å². The SMILES string of the molecule is O=C(Nc1ccc(N2CCN(C(=O)CCl)CC2)cc1)c1ccc2c(c1)C(=O)C(c1c(O)[nH]c3ccccc13)=N2. The molecule has 3 heterocycles. The van der Waals surface area contributed by atoms with E-state index in [0.29, 0.717) is 65.1 Å². The zero-order valence-electron chi connectivity index (χ0n) is 20.8. The van der Waals surface area contributed by atoms with Gasteiger partial charge in [-0.1, -0.05) is 18.2 Å². The van der Waals surface area contributed by atoms with Crippen molar-refractivity contribution in [1.82, 2.24) is 9.88 Å². The van der Waals surface area contributed by atoms with Crippen LogP contribution in [0, 0.1) is 0 Å². The van der Waals surface area contributed by atoms with Gasteiger partial charge in [-0.2, -0.15) is 0 Å². The molecular formula is C29H24ClN5O4. The summed E-state index contributed by atoms with van der Waals surface area (Å²) in [6, 6.07) is 19.6. The number of aromatic nitrogens is 1. The Labute approximate surface area is 228 Å². The molecule has 10 heteroatoms. The molecule has 0 saturated carbocycles. The van der Waals surface area contributed by atoms with Crippen LogP contribution in [-0.2, 0) is 4.79 Å². The molecule has 2 aliphatic heterocycles. The Morgan fingerprint density at radius 1 is 1.00 bits per heavy atom. The number of H-pyrrole nitrogens is 1. The number of hydrogen-bond donors (Lipinski definition) is 3. The van der Waals surface area contributed by atoms with Gasteiger partial charge < -0.3 is 25.2 Å². The van der Waals surface area contributed by atoms with Crippen molar-refractivity contribution in [2.75, 3.05) is 42.3 Å². The fraction of sp³-hybridized carbons (Fsp3) is 0.172. The van der Waals surface area contributed by atoms with Gasteiger partial charge in [0.25, 0.3) is 5.91 Å². The van der Waals surface area contributed by atoms with E-state index in [0.717, 1.165) is 5.69 Å². The number of piperazine rings is 1. The second-order valence-corrected chi connectivity index (χ2v) is 9.69. The van der Waals surface area contributed by atoms with Crippen molar-refractivity contribution in [2.24, 2.45) is 4.99 Å². The Hall–Kier alpha value is -4.63. The van der Waals surface area contributed by atoms with Crippen LogP contribution in [0.25, 0.3) is 10.9 Å². The van der Waals surface area contributed by atoms with E-state index in [1.165, 1.54) is 6.07 Å². The lowest BCUT2D eigenvalue weighted by atomic mass is 10.00. The lowest BCUT2D eigenvalue weighted by Gasteiger charge is -2.36. The van der Waals surface area contributed by atoms with Crippen LogP contribution >= 0.6 is 11.6 Å². The first-order chi connectivity index (χ1) is 18.9. The highest BCUT2D eigenvalue weighted by Crippen LogP contribution is 2.35. The van der Waals surface area contributed by atoms with E-state index in [-0.39, 0.29) is 35.1 Å². The lowest BCUT2D eigenvalue weighted by Crippen LogP contribution is -2.49. The number of amides is 2. The fourth-order valence-corrected chi connectivity index (χ4v) is 5.22. The quantitative estimate of drug-likeness (QED) is 0.325. The van der Waals surface area contributed by atoms with Crippen molar-refractivity contribution in [2.45, 2.75) is 0 Å². The third-order valence-corrected chi connectivity index (χ3v) is 7.34. The van der Waals surface area contributed by atoms with Gasteiger partial charge in [0.1, 0.15) is 11.6 Å². The van der Waals surface area contributed by atoms with Gasteiger partial charge in [0.05, 0.1) is 16.8 Å². The van der Waals surface area contributed by atoms with Gasteiger partial charge >= 0.3 is 0 Å². The van der Waals surface area contributed by atoms with Crippen molar-refractivity contribution < 1.29 is 19.5 Å². The lowest BCUT2D eigenvalue weighted by molar-refractivity contribution is -0.128. The van der Waals surface area contributed by atoms with E-state index in [1.807, 2.05) is 48.5 Å². The van der Waals surface area contributed by atoms with Gasteiger partial charge in [-0.3, -0.25) is 14.4 Å². The van der Waals surface area contributed by atoms with Crippen LogP contribution in [0.4, 0.5) is 17.1 Å². The number of benzene rings is 3. The molecule has 1 saturated heterocycles. The molecule has 1 fully saturated rings. The number of aromatic hydroxyl groups is 1. The number of para-hydroxylation sites is 1. The summed E-state index contributed by atoms with van der Waals surface area (Å²) in [5.41, 5.74) is 3.90. The average Bonchev–Trinajstić information content (AvgIpc) is 3.47. The van der Waals surface area contributed by atoms with E-state index >= 15 is 0 Å². The highest BCUT2D eigenvalue weighted by molar-refractivity contribution is 6.56. The Balaban J connectivity index is 1.14. The predicted octanol–water partition coefficient (Wildman–Crippen LogP) is 4.33. The molecule has 0 aliphatic carbocycles. The number of carbonyl (C=O) groups excluding carboxylic acids is 3. The zero-order chi connectivity index (χ0) is 27.1. The summed E-state index contributed by atoms with van der Waals surface area (Å²) >= 11 is 5.66. The molecule has 3 N–H and O–H groups in total. The molecule has 0 atom stereocenters. The standard InChI is InChI=1S/C29H24ClN5O4/c30-16-24(36)35-13-11-34(12-14-35)19-8-6-18(7-9-19)31-28(38)17-5-10-23-21(15-17)27(37)26(32-23)25-20-3-1-2-4-22(20)33-29(25)39/h1-10,15,33,39H,11-14,16H2,(H,31,38). The Morgan fingerprint density at radius 3 is 2.49 bits per heavy atom. The summed E-state index contributed by atoms with van der Waals surface area (Å²) in [6.45, 7) is 2.65. The van der Waals surface area contributed by atoms with Crippen LogP contribution in [0.5, 0.6) is 5.88 Å². The van der Waals surface area contributed by atoms with Crippen LogP contribution in [0.15, 0.2) is 71.7 Å². The summed E-state index contributed by atoms with van der Waals surface area (Å²) in [5.74, 6) is -0.884. The molecule has 4 aromatic rings. The maximum absolute atomic E-state index is 13.3. The minimum absolute atomic E-state index is 0.00531. The highest BCUT2D eigenvalue weighted by Gasteiger charge is 2.31. The minimum atomic E-state index is -0.352. The number of fused-ring (bicyclic) bond motifs is 2. The number of rotatable bonds is 5. The maximum Gasteiger partial charge on any atom is 0.255 e. The number of halogens is 1. The first kappa shape index (κ1) is 24.7. The number of alkyl halides is 1. The summed E-state index contributed by atoms with van der Waals surface area (Å²) < 4.78 is 0. The van der Waals surface area contributed by atoms with Gasteiger partial charge in [-0.05, 0) is 48.5 Å². The fourth-order valence-electron chi connectivity index (χ4n) is 5.05. The number of nitrogens with one attached hydrogen (secondary N) is 2. The molecule has 0 radical (unpaired) electrons. The Morgan fingerprint density at radius 2 is 1.74 bits per heavy atom. The van der Waals surface area contributed by atoms with E-state index < -0.39 is 0 Å². The van der Waals surface area contributed by atoms with Crippen molar-refractivity contribution in [3.63, 3.8) is 0 Å². The number of Topliss-reactive ketones (excluding diaryl/α,β-unsaturated/α-hetero) is 1. The Kier molecular flexibility index (Phi) is 6.28.